The second kappa shape index (κ2) is 7.77. The summed E-state index contributed by atoms with van der Waals surface area (Å²) in [5.41, 5.74) is 1.03. The number of amides is 2. The fourth-order valence-electron chi connectivity index (χ4n) is 2.82. The van der Waals surface area contributed by atoms with Crippen molar-refractivity contribution in [2.45, 2.75) is 19.3 Å². The first kappa shape index (κ1) is 17.6. The van der Waals surface area contributed by atoms with Crippen molar-refractivity contribution in [3.8, 4) is 5.69 Å². The summed E-state index contributed by atoms with van der Waals surface area (Å²) in [6, 6.07) is 5.91. The maximum Gasteiger partial charge on any atom is 0.269 e. The van der Waals surface area contributed by atoms with Gasteiger partial charge in [-0.25, -0.2) is 4.68 Å². The lowest BCUT2D eigenvalue weighted by molar-refractivity contribution is -0.384. The van der Waals surface area contributed by atoms with Crippen molar-refractivity contribution in [1.82, 2.24) is 20.0 Å². The minimum absolute atomic E-state index is 0.00430. The largest absolute Gasteiger partial charge is 0.352 e. The number of nitro groups is 1. The second-order valence-corrected chi connectivity index (χ2v) is 6.04. The van der Waals surface area contributed by atoms with E-state index in [0.717, 1.165) is 13.0 Å². The summed E-state index contributed by atoms with van der Waals surface area (Å²) in [6.45, 7) is 1.93. The van der Waals surface area contributed by atoms with E-state index in [4.69, 9.17) is 0 Å². The molecule has 1 aliphatic heterocycles. The number of nitrogens with zero attached hydrogens (tertiary/aromatic N) is 4. The molecule has 136 valence electrons. The van der Waals surface area contributed by atoms with Crippen LogP contribution in [0.25, 0.3) is 5.69 Å². The Labute approximate surface area is 149 Å². The van der Waals surface area contributed by atoms with Crippen LogP contribution in [0.3, 0.4) is 0 Å². The van der Waals surface area contributed by atoms with Gasteiger partial charge in [0.15, 0.2) is 0 Å². The van der Waals surface area contributed by atoms with Gasteiger partial charge in [0.1, 0.15) is 0 Å². The number of likely N-dealkylation sites (tertiary alicyclic amines) is 1. The zero-order valence-electron chi connectivity index (χ0n) is 14.1. The molecule has 9 heteroatoms. The zero-order valence-corrected chi connectivity index (χ0v) is 14.1. The Morgan fingerprint density at radius 1 is 1.31 bits per heavy atom. The first-order chi connectivity index (χ1) is 12.5. The molecule has 26 heavy (non-hydrogen) atoms. The molecule has 1 aliphatic rings. The van der Waals surface area contributed by atoms with Crippen molar-refractivity contribution in [2.24, 2.45) is 0 Å². The molecule has 1 N–H and O–H groups in total. The van der Waals surface area contributed by atoms with Crippen molar-refractivity contribution < 1.29 is 14.5 Å². The molecule has 0 bridgehead atoms. The molecule has 0 saturated carbocycles. The van der Waals surface area contributed by atoms with Crippen LogP contribution >= 0.6 is 0 Å². The average Bonchev–Trinajstić information content (AvgIpc) is 3.28. The molecular formula is C17H19N5O4. The minimum Gasteiger partial charge on any atom is -0.352 e. The van der Waals surface area contributed by atoms with Gasteiger partial charge in [-0.1, -0.05) is 0 Å². The number of nitro benzene ring substituents is 1. The van der Waals surface area contributed by atoms with Crippen LogP contribution in [0.1, 0.15) is 29.6 Å². The predicted octanol–water partition coefficient (Wildman–Crippen LogP) is 1.52. The van der Waals surface area contributed by atoms with Crippen molar-refractivity contribution >= 4 is 17.5 Å². The summed E-state index contributed by atoms with van der Waals surface area (Å²) in [5.74, 6) is -0.0633. The molecule has 0 unspecified atom stereocenters. The predicted molar refractivity (Wildman–Crippen MR) is 93.0 cm³/mol. The van der Waals surface area contributed by atoms with Crippen LogP contribution in [-0.4, -0.2) is 51.1 Å². The molecule has 1 saturated heterocycles. The first-order valence-corrected chi connectivity index (χ1v) is 8.40. The van der Waals surface area contributed by atoms with E-state index in [2.05, 4.69) is 10.4 Å². The maximum atomic E-state index is 12.2. The highest BCUT2D eigenvalue weighted by Crippen LogP contribution is 2.15. The number of carbonyl (C=O) groups excluding carboxylic acids is 2. The van der Waals surface area contributed by atoms with Crippen LogP contribution in [0.4, 0.5) is 5.69 Å². The van der Waals surface area contributed by atoms with E-state index in [1.807, 2.05) is 4.90 Å². The molecule has 9 nitrogen and oxygen atoms in total. The van der Waals surface area contributed by atoms with Crippen molar-refractivity contribution in [2.75, 3.05) is 19.6 Å². The van der Waals surface area contributed by atoms with Gasteiger partial charge in [0, 0.05) is 44.4 Å². The topological polar surface area (TPSA) is 110 Å². The number of nitrogens with one attached hydrogen (secondary N) is 1. The highest BCUT2D eigenvalue weighted by Gasteiger charge is 2.19. The smallest absolute Gasteiger partial charge is 0.269 e. The fourth-order valence-corrected chi connectivity index (χ4v) is 2.82. The Kier molecular flexibility index (Phi) is 5.26. The number of aromatic nitrogens is 2. The SMILES string of the molecule is O=C(NCCCN1CCCC1=O)c1cnn(-c2ccc([N+](=O)[O-])cc2)c1. The normalized spacial score (nSPS) is 13.8. The molecule has 2 heterocycles. The molecule has 3 rings (SSSR count). The van der Waals surface area contributed by atoms with E-state index < -0.39 is 4.92 Å². The summed E-state index contributed by atoms with van der Waals surface area (Å²) >= 11 is 0. The van der Waals surface area contributed by atoms with Crippen LogP contribution in [0.15, 0.2) is 36.7 Å². The van der Waals surface area contributed by atoms with E-state index in [1.165, 1.54) is 23.0 Å². The van der Waals surface area contributed by atoms with Gasteiger partial charge in [-0.3, -0.25) is 19.7 Å². The third-order valence-electron chi connectivity index (χ3n) is 4.23. The van der Waals surface area contributed by atoms with Crippen LogP contribution in [-0.2, 0) is 4.79 Å². The Morgan fingerprint density at radius 2 is 2.08 bits per heavy atom. The highest BCUT2D eigenvalue weighted by atomic mass is 16.6. The standard InChI is InChI=1S/C17H19N5O4/c23-16-3-1-9-20(16)10-2-8-18-17(24)13-11-19-21(12-13)14-4-6-15(7-5-14)22(25)26/h4-7,11-12H,1-3,8-10H2,(H,18,24). The zero-order chi connectivity index (χ0) is 18.5. The van der Waals surface area contributed by atoms with Gasteiger partial charge in [0.25, 0.3) is 11.6 Å². The summed E-state index contributed by atoms with van der Waals surface area (Å²) in [4.78, 5) is 35.7. The molecule has 1 aromatic heterocycles. The van der Waals surface area contributed by atoms with Crippen molar-refractivity contribution in [1.29, 1.82) is 0 Å². The third-order valence-corrected chi connectivity index (χ3v) is 4.23. The van der Waals surface area contributed by atoms with Crippen molar-refractivity contribution in [3.05, 3.63) is 52.3 Å². The number of rotatable bonds is 7. The number of benzene rings is 1. The fraction of sp³-hybridized carbons (Fsp3) is 0.353. The quantitative estimate of drug-likeness (QED) is 0.459. The molecule has 1 aromatic carbocycles. The number of hydrogen-bond donors (Lipinski definition) is 1. The summed E-state index contributed by atoms with van der Waals surface area (Å²) in [6.07, 6.45) is 5.25. The lowest BCUT2D eigenvalue weighted by Gasteiger charge is -2.15. The second-order valence-electron chi connectivity index (χ2n) is 6.04. The highest BCUT2D eigenvalue weighted by molar-refractivity contribution is 5.93. The van der Waals surface area contributed by atoms with Gasteiger partial charge >= 0.3 is 0 Å². The number of hydrogen-bond acceptors (Lipinski definition) is 5. The average molecular weight is 357 g/mol. The van der Waals surface area contributed by atoms with E-state index in [9.17, 15) is 19.7 Å². The Hall–Kier alpha value is -3.23. The minimum atomic E-state index is -0.471. The summed E-state index contributed by atoms with van der Waals surface area (Å²) < 4.78 is 1.49. The van der Waals surface area contributed by atoms with E-state index >= 15 is 0 Å². The maximum absolute atomic E-state index is 12.2. The van der Waals surface area contributed by atoms with Gasteiger partial charge in [-0.2, -0.15) is 5.10 Å². The Balaban J connectivity index is 1.51. The Bertz CT molecular complexity index is 815. The van der Waals surface area contributed by atoms with Crippen molar-refractivity contribution in [3.63, 3.8) is 0 Å². The first-order valence-electron chi connectivity index (χ1n) is 8.40. The molecule has 0 atom stereocenters. The molecule has 1 fully saturated rings. The van der Waals surface area contributed by atoms with Gasteiger partial charge in [0.05, 0.1) is 22.4 Å². The third kappa shape index (κ3) is 4.05. The molecule has 0 radical (unpaired) electrons. The lowest BCUT2D eigenvalue weighted by atomic mass is 10.3. The Morgan fingerprint density at radius 3 is 2.73 bits per heavy atom. The van der Waals surface area contributed by atoms with Gasteiger partial charge in [0.2, 0.25) is 5.91 Å². The van der Waals surface area contributed by atoms with Gasteiger partial charge in [-0.15, -0.1) is 0 Å². The molecular weight excluding hydrogens is 338 g/mol. The van der Waals surface area contributed by atoms with E-state index in [-0.39, 0.29) is 17.5 Å². The summed E-state index contributed by atoms with van der Waals surface area (Å²) in [5, 5.41) is 17.6. The lowest BCUT2D eigenvalue weighted by Crippen LogP contribution is -2.30. The van der Waals surface area contributed by atoms with Gasteiger partial charge in [-0.05, 0) is 25.0 Å². The van der Waals surface area contributed by atoms with E-state index in [1.54, 1.807) is 18.3 Å². The molecule has 2 amide bonds. The molecule has 0 spiro atoms. The molecule has 0 aliphatic carbocycles. The number of non-ortho nitro benzene ring substituents is 1. The van der Waals surface area contributed by atoms with Gasteiger partial charge < -0.3 is 10.2 Å². The number of carbonyl (C=O) groups is 2. The monoisotopic (exact) mass is 357 g/mol. The van der Waals surface area contributed by atoms with Crippen LogP contribution in [0.2, 0.25) is 0 Å². The summed E-state index contributed by atoms with van der Waals surface area (Å²) in [7, 11) is 0. The van der Waals surface area contributed by atoms with Crippen LogP contribution < -0.4 is 5.32 Å². The van der Waals surface area contributed by atoms with Crippen LogP contribution in [0.5, 0.6) is 0 Å². The molecule has 2 aromatic rings. The van der Waals surface area contributed by atoms with Crippen LogP contribution in [0, 0.1) is 10.1 Å². The van der Waals surface area contributed by atoms with E-state index in [0.29, 0.717) is 37.2 Å².